The number of likely N-dealkylation sites (tertiary alicyclic amines) is 1. The number of ether oxygens (including phenoxy) is 1. The molecule has 1 saturated heterocycles. The van der Waals surface area contributed by atoms with E-state index in [1.807, 2.05) is 24.4 Å². The highest BCUT2D eigenvalue weighted by atomic mass is 16.5. The lowest BCUT2D eigenvalue weighted by atomic mass is 9.83. The quantitative estimate of drug-likeness (QED) is 0.601. The maximum atomic E-state index is 12.9. The van der Waals surface area contributed by atoms with E-state index in [4.69, 9.17) is 4.74 Å². The molecule has 2 aliphatic rings. The Bertz CT molecular complexity index is 815. The number of nitrogens with one attached hydrogen (secondary N) is 1. The molecule has 4 rings (SSSR count). The summed E-state index contributed by atoms with van der Waals surface area (Å²) in [6.07, 6.45) is 14.9. The number of pyridine rings is 1. The van der Waals surface area contributed by atoms with Crippen LogP contribution in [-0.4, -0.2) is 64.0 Å². The van der Waals surface area contributed by atoms with Gasteiger partial charge in [0.2, 0.25) is 0 Å². The summed E-state index contributed by atoms with van der Waals surface area (Å²) in [5.41, 5.74) is 0.607. The number of amides is 1. The van der Waals surface area contributed by atoms with Crippen LogP contribution in [0.4, 0.5) is 0 Å². The second-order valence-corrected chi connectivity index (χ2v) is 9.20. The number of hydrogen-bond donors (Lipinski definition) is 1. The number of aromatic nitrogens is 3. The topological polar surface area (TPSA) is 72.3 Å². The summed E-state index contributed by atoms with van der Waals surface area (Å²) in [5, 5.41) is 7.50. The molecule has 1 N–H and O–H groups in total. The van der Waals surface area contributed by atoms with Crippen molar-refractivity contribution in [2.75, 3.05) is 26.2 Å². The smallest absolute Gasteiger partial charge is 0.253 e. The van der Waals surface area contributed by atoms with Crippen LogP contribution < -0.4 is 5.32 Å². The van der Waals surface area contributed by atoms with Gasteiger partial charge in [-0.3, -0.25) is 4.79 Å². The average Bonchev–Trinajstić information content (AvgIpc) is 3.37. The molecule has 1 saturated carbocycles. The predicted octanol–water partition coefficient (Wildman–Crippen LogP) is 3.84. The summed E-state index contributed by atoms with van der Waals surface area (Å²) in [6.45, 7) is 6.39. The van der Waals surface area contributed by atoms with Crippen molar-refractivity contribution >= 4 is 5.91 Å². The van der Waals surface area contributed by atoms with Crippen molar-refractivity contribution in [1.82, 2.24) is 25.0 Å². The molecule has 7 nitrogen and oxygen atoms in total. The monoisotopic (exact) mass is 439 g/mol. The Hall–Kier alpha value is -2.25. The third kappa shape index (κ3) is 6.17. The molecule has 174 valence electrons. The lowest BCUT2D eigenvalue weighted by Crippen LogP contribution is -2.48. The van der Waals surface area contributed by atoms with E-state index in [1.165, 1.54) is 25.7 Å². The second kappa shape index (κ2) is 11.6. The van der Waals surface area contributed by atoms with Gasteiger partial charge in [-0.25, -0.2) is 9.67 Å². The Morgan fingerprint density at radius 3 is 2.75 bits per heavy atom. The van der Waals surface area contributed by atoms with Crippen molar-refractivity contribution in [3.8, 4) is 5.82 Å². The van der Waals surface area contributed by atoms with E-state index < -0.39 is 0 Å². The molecule has 2 fully saturated rings. The molecule has 32 heavy (non-hydrogen) atoms. The Kier molecular flexibility index (Phi) is 8.29. The van der Waals surface area contributed by atoms with E-state index in [-0.39, 0.29) is 11.9 Å². The van der Waals surface area contributed by atoms with Crippen LogP contribution in [-0.2, 0) is 4.74 Å². The zero-order chi connectivity index (χ0) is 22.2. The Balaban J connectivity index is 1.27. The standard InChI is InChI=1S/C25H37N5O2/c1-2-3-17-32-22-11-15-29(16-12-22)19-21-7-4-5-8-23(21)28-25(31)20-9-10-24(26-18-20)30-14-6-13-27-30/h6,9-10,13-14,18,21-23H,2-5,7-8,11-12,15-17,19H2,1H3,(H,28,31)/t21?,23-/m0/s1. The van der Waals surface area contributed by atoms with Gasteiger partial charge in [-0.2, -0.15) is 5.10 Å². The molecule has 3 heterocycles. The van der Waals surface area contributed by atoms with E-state index in [2.05, 4.69) is 27.2 Å². The average molecular weight is 440 g/mol. The van der Waals surface area contributed by atoms with Crippen LogP contribution in [0.25, 0.3) is 5.82 Å². The summed E-state index contributed by atoms with van der Waals surface area (Å²) < 4.78 is 7.71. The number of nitrogens with zero attached hydrogens (tertiary/aromatic N) is 4. The first-order valence-electron chi connectivity index (χ1n) is 12.3. The van der Waals surface area contributed by atoms with E-state index in [1.54, 1.807) is 17.1 Å². The fourth-order valence-corrected chi connectivity index (χ4v) is 4.91. The molecule has 0 spiro atoms. The maximum Gasteiger partial charge on any atom is 0.253 e. The fraction of sp³-hybridized carbons (Fsp3) is 0.640. The minimum Gasteiger partial charge on any atom is -0.378 e. The van der Waals surface area contributed by atoms with E-state index in [0.29, 0.717) is 23.4 Å². The highest BCUT2D eigenvalue weighted by Crippen LogP contribution is 2.27. The Morgan fingerprint density at radius 1 is 1.19 bits per heavy atom. The van der Waals surface area contributed by atoms with Crippen LogP contribution in [0.1, 0.15) is 68.6 Å². The van der Waals surface area contributed by atoms with Crippen molar-refractivity contribution in [1.29, 1.82) is 0 Å². The lowest BCUT2D eigenvalue weighted by Gasteiger charge is -2.38. The molecule has 0 aromatic carbocycles. The summed E-state index contributed by atoms with van der Waals surface area (Å²) in [5.74, 6) is 1.20. The molecule has 2 atom stereocenters. The number of carbonyl (C=O) groups excluding carboxylic acids is 1. The van der Waals surface area contributed by atoms with Crippen molar-refractivity contribution in [2.24, 2.45) is 5.92 Å². The van der Waals surface area contributed by atoms with Gasteiger partial charge in [-0.15, -0.1) is 0 Å². The largest absolute Gasteiger partial charge is 0.378 e. The zero-order valence-corrected chi connectivity index (χ0v) is 19.3. The van der Waals surface area contributed by atoms with Crippen molar-refractivity contribution in [2.45, 2.75) is 70.4 Å². The van der Waals surface area contributed by atoms with Crippen molar-refractivity contribution in [3.63, 3.8) is 0 Å². The highest BCUT2D eigenvalue weighted by Gasteiger charge is 2.30. The van der Waals surface area contributed by atoms with Gasteiger partial charge in [-0.1, -0.05) is 26.2 Å². The van der Waals surface area contributed by atoms with Gasteiger partial charge in [0.05, 0.1) is 11.7 Å². The normalized spacial score (nSPS) is 22.7. The minimum absolute atomic E-state index is 0.0237. The zero-order valence-electron chi connectivity index (χ0n) is 19.3. The molecular weight excluding hydrogens is 402 g/mol. The molecule has 0 bridgehead atoms. The first-order valence-corrected chi connectivity index (χ1v) is 12.3. The minimum atomic E-state index is -0.0237. The first-order chi connectivity index (χ1) is 15.7. The van der Waals surface area contributed by atoms with Crippen LogP contribution in [0, 0.1) is 5.92 Å². The van der Waals surface area contributed by atoms with Crippen molar-refractivity contribution in [3.05, 3.63) is 42.4 Å². The molecule has 1 aliphatic heterocycles. The van der Waals surface area contributed by atoms with E-state index >= 15 is 0 Å². The van der Waals surface area contributed by atoms with Crippen LogP contribution in [0.5, 0.6) is 0 Å². The third-order valence-corrected chi connectivity index (χ3v) is 6.85. The summed E-state index contributed by atoms with van der Waals surface area (Å²) >= 11 is 0. The van der Waals surface area contributed by atoms with E-state index in [9.17, 15) is 4.79 Å². The highest BCUT2D eigenvalue weighted by molar-refractivity contribution is 5.94. The van der Waals surface area contributed by atoms with Gasteiger partial charge in [0.25, 0.3) is 5.91 Å². The Morgan fingerprint density at radius 2 is 2.03 bits per heavy atom. The third-order valence-electron chi connectivity index (χ3n) is 6.85. The van der Waals surface area contributed by atoms with Crippen molar-refractivity contribution < 1.29 is 9.53 Å². The number of unbranched alkanes of at least 4 members (excludes halogenated alkanes) is 1. The first kappa shape index (κ1) is 22.9. The predicted molar refractivity (Wildman–Crippen MR) is 125 cm³/mol. The molecule has 1 unspecified atom stereocenters. The van der Waals surface area contributed by atoms with Gasteiger partial charge < -0.3 is 15.0 Å². The van der Waals surface area contributed by atoms with Gasteiger partial charge in [-0.05, 0) is 56.2 Å². The van der Waals surface area contributed by atoms with Crippen LogP contribution in [0.3, 0.4) is 0 Å². The number of carbonyl (C=O) groups is 1. The molecule has 0 radical (unpaired) electrons. The van der Waals surface area contributed by atoms with E-state index in [0.717, 1.165) is 51.9 Å². The molecule has 2 aromatic heterocycles. The SMILES string of the molecule is CCCCOC1CCN(CC2CCCC[C@@H]2NC(=O)c2ccc(-n3cccn3)nc2)CC1. The molecule has 1 aliphatic carbocycles. The van der Waals surface area contributed by atoms with Gasteiger partial charge in [0.1, 0.15) is 0 Å². The van der Waals surface area contributed by atoms with Gasteiger partial charge in [0.15, 0.2) is 5.82 Å². The summed E-state index contributed by atoms with van der Waals surface area (Å²) in [7, 11) is 0. The maximum absolute atomic E-state index is 12.9. The second-order valence-electron chi connectivity index (χ2n) is 9.20. The molecule has 2 aromatic rings. The number of hydrogen-bond acceptors (Lipinski definition) is 5. The summed E-state index contributed by atoms with van der Waals surface area (Å²) in [6, 6.07) is 5.77. The van der Waals surface area contributed by atoms with Gasteiger partial charge in [0, 0.05) is 50.9 Å². The van der Waals surface area contributed by atoms with Crippen LogP contribution in [0.15, 0.2) is 36.8 Å². The van der Waals surface area contributed by atoms with Crippen LogP contribution >= 0.6 is 0 Å². The lowest BCUT2D eigenvalue weighted by molar-refractivity contribution is 0.00119. The number of rotatable bonds is 9. The fourth-order valence-electron chi connectivity index (χ4n) is 4.91. The molecular formula is C25H37N5O2. The Labute approximate surface area is 191 Å². The number of piperidine rings is 1. The summed E-state index contributed by atoms with van der Waals surface area (Å²) in [4.78, 5) is 19.9. The van der Waals surface area contributed by atoms with Gasteiger partial charge >= 0.3 is 0 Å². The van der Waals surface area contributed by atoms with Crippen LogP contribution in [0.2, 0.25) is 0 Å². The molecule has 1 amide bonds. The molecule has 7 heteroatoms.